The number of nitrogens with zero attached hydrogens (tertiary/aromatic N) is 4. The van der Waals surface area contributed by atoms with Crippen molar-refractivity contribution in [3.05, 3.63) is 41.9 Å². The predicted molar refractivity (Wildman–Crippen MR) is 107 cm³/mol. The fourth-order valence-corrected chi connectivity index (χ4v) is 4.21. The van der Waals surface area contributed by atoms with Crippen LogP contribution in [-0.4, -0.2) is 60.3 Å². The van der Waals surface area contributed by atoms with Gasteiger partial charge in [0, 0.05) is 37.3 Å². The SMILES string of the molecule is O=C1CN(c2cc(C3CCNCC3)ncn2)CCN1Cc1ccc2c(c1)OCO2. The van der Waals surface area contributed by atoms with Gasteiger partial charge in [-0.05, 0) is 43.6 Å². The number of amides is 1. The zero-order valence-corrected chi connectivity index (χ0v) is 16.3. The van der Waals surface area contributed by atoms with Crippen LogP contribution < -0.4 is 19.7 Å². The molecule has 29 heavy (non-hydrogen) atoms. The molecular formula is C21H25N5O3. The van der Waals surface area contributed by atoms with E-state index in [9.17, 15) is 4.79 Å². The predicted octanol–water partition coefficient (Wildman–Crippen LogP) is 1.52. The summed E-state index contributed by atoms with van der Waals surface area (Å²) in [4.78, 5) is 25.7. The summed E-state index contributed by atoms with van der Waals surface area (Å²) in [6.45, 7) is 4.66. The van der Waals surface area contributed by atoms with Crippen molar-refractivity contribution in [1.82, 2.24) is 20.2 Å². The highest BCUT2D eigenvalue weighted by Gasteiger charge is 2.26. The van der Waals surface area contributed by atoms with Gasteiger partial charge in [-0.2, -0.15) is 0 Å². The lowest BCUT2D eigenvalue weighted by molar-refractivity contribution is -0.131. The van der Waals surface area contributed by atoms with Crippen LogP contribution in [0, 0.1) is 0 Å². The van der Waals surface area contributed by atoms with E-state index in [1.165, 1.54) is 0 Å². The lowest BCUT2D eigenvalue weighted by Gasteiger charge is -2.35. The maximum absolute atomic E-state index is 12.8. The van der Waals surface area contributed by atoms with Gasteiger partial charge in [0.25, 0.3) is 0 Å². The van der Waals surface area contributed by atoms with E-state index in [0.29, 0.717) is 25.6 Å². The highest BCUT2D eigenvalue weighted by atomic mass is 16.7. The average molecular weight is 395 g/mol. The maximum atomic E-state index is 12.8. The van der Waals surface area contributed by atoms with Crippen molar-refractivity contribution in [3.8, 4) is 11.5 Å². The van der Waals surface area contributed by atoms with Crippen molar-refractivity contribution in [2.45, 2.75) is 25.3 Å². The van der Waals surface area contributed by atoms with Crippen molar-refractivity contribution in [2.75, 3.05) is 44.4 Å². The van der Waals surface area contributed by atoms with E-state index in [1.807, 2.05) is 23.1 Å². The number of hydrogen-bond acceptors (Lipinski definition) is 7. The topological polar surface area (TPSA) is 79.8 Å². The van der Waals surface area contributed by atoms with Crippen LogP contribution >= 0.6 is 0 Å². The Morgan fingerprint density at radius 1 is 1.07 bits per heavy atom. The van der Waals surface area contributed by atoms with Crippen LogP contribution in [0.25, 0.3) is 0 Å². The fraction of sp³-hybridized carbons (Fsp3) is 0.476. The van der Waals surface area contributed by atoms with Crippen LogP contribution in [0.5, 0.6) is 11.5 Å². The lowest BCUT2D eigenvalue weighted by atomic mass is 9.94. The molecule has 0 radical (unpaired) electrons. The van der Waals surface area contributed by atoms with Crippen LogP contribution in [0.1, 0.15) is 30.0 Å². The number of carbonyl (C=O) groups excluding carboxylic acids is 1. The minimum Gasteiger partial charge on any atom is -0.454 e. The summed E-state index contributed by atoms with van der Waals surface area (Å²) in [5, 5.41) is 3.39. The van der Waals surface area contributed by atoms with E-state index >= 15 is 0 Å². The van der Waals surface area contributed by atoms with Crippen LogP contribution in [0.4, 0.5) is 5.82 Å². The molecule has 0 saturated carbocycles. The average Bonchev–Trinajstić information content (AvgIpc) is 3.24. The number of anilines is 1. The second-order valence-corrected chi connectivity index (χ2v) is 7.75. The number of rotatable bonds is 4. The Labute approximate surface area is 169 Å². The first kappa shape index (κ1) is 18.2. The van der Waals surface area contributed by atoms with Crippen LogP contribution in [-0.2, 0) is 11.3 Å². The number of piperazine rings is 1. The van der Waals surface area contributed by atoms with Gasteiger partial charge in [-0.3, -0.25) is 4.79 Å². The highest BCUT2D eigenvalue weighted by molar-refractivity contribution is 5.82. The third-order valence-electron chi connectivity index (χ3n) is 5.88. The molecule has 3 aliphatic rings. The summed E-state index contributed by atoms with van der Waals surface area (Å²) in [6.07, 6.45) is 3.83. The van der Waals surface area contributed by atoms with Crippen molar-refractivity contribution in [3.63, 3.8) is 0 Å². The van der Waals surface area contributed by atoms with Gasteiger partial charge < -0.3 is 24.6 Å². The number of ether oxygens (including phenoxy) is 2. The molecule has 1 aromatic heterocycles. The molecule has 2 saturated heterocycles. The fourth-order valence-electron chi connectivity index (χ4n) is 4.21. The lowest BCUT2D eigenvalue weighted by Crippen LogP contribution is -2.50. The molecule has 2 aromatic rings. The Morgan fingerprint density at radius 2 is 1.93 bits per heavy atom. The van der Waals surface area contributed by atoms with Crippen molar-refractivity contribution < 1.29 is 14.3 Å². The minimum atomic E-state index is 0.107. The summed E-state index contributed by atoms with van der Waals surface area (Å²) >= 11 is 0. The molecule has 1 aromatic carbocycles. The second kappa shape index (κ2) is 7.87. The summed E-state index contributed by atoms with van der Waals surface area (Å²) in [7, 11) is 0. The molecule has 8 nitrogen and oxygen atoms in total. The summed E-state index contributed by atoms with van der Waals surface area (Å²) in [5.41, 5.74) is 2.14. The van der Waals surface area contributed by atoms with E-state index in [-0.39, 0.29) is 12.7 Å². The number of piperidine rings is 1. The van der Waals surface area contributed by atoms with E-state index < -0.39 is 0 Å². The number of carbonyl (C=O) groups is 1. The Bertz CT molecular complexity index is 900. The van der Waals surface area contributed by atoms with Gasteiger partial charge in [0.05, 0.1) is 6.54 Å². The molecule has 0 bridgehead atoms. The molecule has 0 aliphatic carbocycles. The number of aromatic nitrogens is 2. The Hall–Kier alpha value is -2.87. The van der Waals surface area contributed by atoms with Gasteiger partial charge in [-0.1, -0.05) is 6.07 Å². The van der Waals surface area contributed by atoms with Gasteiger partial charge in [-0.25, -0.2) is 9.97 Å². The number of nitrogens with one attached hydrogen (secondary N) is 1. The van der Waals surface area contributed by atoms with Crippen LogP contribution in [0.15, 0.2) is 30.6 Å². The zero-order chi connectivity index (χ0) is 19.6. The maximum Gasteiger partial charge on any atom is 0.242 e. The minimum absolute atomic E-state index is 0.107. The highest BCUT2D eigenvalue weighted by Crippen LogP contribution is 2.33. The molecule has 3 aliphatic heterocycles. The third kappa shape index (κ3) is 3.85. The first-order valence-corrected chi connectivity index (χ1v) is 10.2. The molecule has 4 heterocycles. The van der Waals surface area contributed by atoms with Gasteiger partial charge in [0.15, 0.2) is 11.5 Å². The summed E-state index contributed by atoms with van der Waals surface area (Å²) < 4.78 is 10.8. The molecule has 1 N–H and O–H groups in total. The van der Waals surface area contributed by atoms with Gasteiger partial charge in [0.2, 0.25) is 12.7 Å². The molecule has 5 rings (SSSR count). The molecular weight excluding hydrogens is 370 g/mol. The first-order valence-electron chi connectivity index (χ1n) is 10.2. The van der Waals surface area contributed by atoms with Crippen molar-refractivity contribution in [2.24, 2.45) is 0 Å². The molecule has 0 unspecified atom stereocenters. The molecule has 0 atom stereocenters. The summed E-state index contributed by atoms with van der Waals surface area (Å²) in [5.74, 6) is 2.94. The quantitative estimate of drug-likeness (QED) is 0.841. The Morgan fingerprint density at radius 3 is 2.79 bits per heavy atom. The zero-order valence-electron chi connectivity index (χ0n) is 16.3. The molecule has 152 valence electrons. The van der Waals surface area contributed by atoms with E-state index in [4.69, 9.17) is 9.47 Å². The van der Waals surface area contributed by atoms with Gasteiger partial charge in [0.1, 0.15) is 12.1 Å². The molecule has 2 fully saturated rings. The van der Waals surface area contributed by atoms with E-state index in [0.717, 1.165) is 61.1 Å². The van der Waals surface area contributed by atoms with Crippen LogP contribution in [0.3, 0.4) is 0 Å². The second-order valence-electron chi connectivity index (χ2n) is 7.75. The van der Waals surface area contributed by atoms with Crippen LogP contribution in [0.2, 0.25) is 0 Å². The Kier molecular flexibility index (Phi) is 4.93. The first-order chi connectivity index (χ1) is 14.3. The monoisotopic (exact) mass is 395 g/mol. The smallest absolute Gasteiger partial charge is 0.242 e. The van der Waals surface area contributed by atoms with Crippen molar-refractivity contribution in [1.29, 1.82) is 0 Å². The van der Waals surface area contributed by atoms with Crippen molar-refractivity contribution >= 4 is 11.7 Å². The number of benzene rings is 1. The molecule has 0 spiro atoms. The van der Waals surface area contributed by atoms with E-state index in [1.54, 1.807) is 6.33 Å². The normalized spacial score (nSPS) is 19.7. The van der Waals surface area contributed by atoms with Gasteiger partial charge in [-0.15, -0.1) is 0 Å². The Balaban J connectivity index is 1.24. The molecule has 1 amide bonds. The van der Waals surface area contributed by atoms with Gasteiger partial charge >= 0.3 is 0 Å². The van der Waals surface area contributed by atoms with E-state index in [2.05, 4.69) is 26.3 Å². The summed E-state index contributed by atoms with van der Waals surface area (Å²) in [6, 6.07) is 7.92. The largest absolute Gasteiger partial charge is 0.454 e. The number of hydrogen-bond donors (Lipinski definition) is 1. The molecule has 8 heteroatoms. The third-order valence-corrected chi connectivity index (χ3v) is 5.88. The number of fused-ring (bicyclic) bond motifs is 1. The standard InChI is InChI=1S/C21H25N5O3/c27-21-12-25(20-10-17(23-13-24-20)16-3-5-22-6-4-16)7-8-26(21)11-15-1-2-18-19(9-15)29-14-28-18/h1-2,9-10,13,16,22H,3-8,11-12,14H2.